The van der Waals surface area contributed by atoms with Gasteiger partial charge < -0.3 is 14.3 Å². The summed E-state index contributed by atoms with van der Waals surface area (Å²) in [6, 6.07) is 3.89. The number of hydrogen-bond acceptors (Lipinski definition) is 4. The molecule has 0 radical (unpaired) electrons. The molecule has 1 N–H and O–H groups in total. The van der Waals surface area contributed by atoms with E-state index in [1.807, 2.05) is 40.4 Å². The molecule has 4 heterocycles. The van der Waals surface area contributed by atoms with Crippen molar-refractivity contribution >= 4 is 27.5 Å². The molecule has 124 valence electrons. The minimum atomic E-state index is -0.0432. The van der Waals surface area contributed by atoms with Crippen LogP contribution in [0.5, 0.6) is 0 Å². The SMILES string of the molecule is Cc1nnc2n1C[C@@H](C(=O)NCc1cn3cc(Br)ccc3n1)CC2. The van der Waals surface area contributed by atoms with E-state index in [1.54, 1.807) is 0 Å². The number of halogens is 1. The van der Waals surface area contributed by atoms with E-state index in [4.69, 9.17) is 0 Å². The number of aryl methyl sites for hydroxylation is 2. The monoisotopic (exact) mass is 388 g/mol. The fourth-order valence-corrected chi connectivity index (χ4v) is 3.45. The van der Waals surface area contributed by atoms with Crippen LogP contribution in [0.3, 0.4) is 0 Å². The molecule has 3 aromatic heterocycles. The van der Waals surface area contributed by atoms with Crippen LogP contribution >= 0.6 is 15.9 Å². The van der Waals surface area contributed by atoms with Gasteiger partial charge in [0.25, 0.3) is 0 Å². The van der Waals surface area contributed by atoms with Gasteiger partial charge >= 0.3 is 0 Å². The molecule has 0 bridgehead atoms. The van der Waals surface area contributed by atoms with Crippen LogP contribution in [0.25, 0.3) is 5.65 Å². The lowest BCUT2D eigenvalue weighted by Gasteiger charge is -2.23. The van der Waals surface area contributed by atoms with E-state index in [0.717, 1.165) is 40.3 Å². The second-order valence-electron chi connectivity index (χ2n) is 6.07. The second-order valence-corrected chi connectivity index (χ2v) is 6.99. The Hall–Kier alpha value is -2.22. The van der Waals surface area contributed by atoms with Gasteiger partial charge in [-0.1, -0.05) is 0 Å². The normalized spacial score (nSPS) is 17.0. The number of amides is 1. The Morgan fingerprint density at radius 2 is 2.25 bits per heavy atom. The van der Waals surface area contributed by atoms with E-state index >= 15 is 0 Å². The lowest BCUT2D eigenvalue weighted by atomic mass is 9.98. The minimum Gasteiger partial charge on any atom is -0.350 e. The summed E-state index contributed by atoms with van der Waals surface area (Å²) in [7, 11) is 0. The van der Waals surface area contributed by atoms with E-state index in [0.29, 0.717) is 13.1 Å². The van der Waals surface area contributed by atoms with Crippen molar-refractivity contribution in [3.63, 3.8) is 0 Å². The molecule has 8 heteroatoms. The molecule has 0 aliphatic carbocycles. The number of carbonyl (C=O) groups excluding carboxylic acids is 1. The Balaban J connectivity index is 1.42. The Morgan fingerprint density at radius 1 is 1.38 bits per heavy atom. The van der Waals surface area contributed by atoms with Gasteiger partial charge in [0.15, 0.2) is 0 Å². The van der Waals surface area contributed by atoms with Gasteiger partial charge in [-0.2, -0.15) is 0 Å². The van der Waals surface area contributed by atoms with Crippen molar-refractivity contribution in [2.45, 2.75) is 32.9 Å². The quantitative estimate of drug-likeness (QED) is 0.742. The number of nitrogens with zero attached hydrogens (tertiary/aromatic N) is 5. The van der Waals surface area contributed by atoms with E-state index in [-0.39, 0.29) is 11.8 Å². The van der Waals surface area contributed by atoms with Crippen LogP contribution in [0.2, 0.25) is 0 Å². The number of fused-ring (bicyclic) bond motifs is 2. The highest BCUT2D eigenvalue weighted by Gasteiger charge is 2.26. The summed E-state index contributed by atoms with van der Waals surface area (Å²) in [5.74, 6) is 1.86. The number of nitrogens with one attached hydrogen (secondary N) is 1. The molecule has 0 unspecified atom stereocenters. The largest absolute Gasteiger partial charge is 0.350 e. The summed E-state index contributed by atoms with van der Waals surface area (Å²) in [4.78, 5) is 17.0. The summed E-state index contributed by atoms with van der Waals surface area (Å²) in [5, 5.41) is 11.2. The Kier molecular flexibility index (Phi) is 3.84. The lowest BCUT2D eigenvalue weighted by Crippen LogP contribution is -2.36. The van der Waals surface area contributed by atoms with Crippen LogP contribution < -0.4 is 5.32 Å². The number of rotatable bonds is 3. The first-order valence-corrected chi connectivity index (χ1v) is 8.69. The van der Waals surface area contributed by atoms with Gasteiger partial charge in [0, 0.05) is 29.8 Å². The van der Waals surface area contributed by atoms with Crippen molar-refractivity contribution in [2.75, 3.05) is 0 Å². The van der Waals surface area contributed by atoms with Crippen LogP contribution in [0.1, 0.15) is 23.8 Å². The molecule has 1 atom stereocenters. The maximum Gasteiger partial charge on any atom is 0.225 e. The van der Waals surface area contributed by atoms with Crippen molar-refractivity contribution in [2.24, 2.45) is 5.92 Å². The Labute approximate surface area is 147 Å². The summed E-state index contributed by atoms with van der Waals surface area (Å²) in [6.45, 7) is 3.01. The van der Waals surface area contributed by atoms with Crippen molar-refractivity contribution in [1.29, 1.82) is 0 Å². The fraction of sp³-hybridized carbons (Fsp3) is 0.375. The number of hydrogen-bond donors (Lipinski definition) is 1. The molecule has 0 saturated heterocycles. The average molecular weight is 389 g/mol. The van der Waals surface area contributed by atoms with Gasteiger partial charge in [0.1, 0.15) is 17.3 Å². The molecule has 0 saturated carbocycles. The van der Waals surface area contributed by atoms with E-state index in [2.05, 4.69) is 36.4 Å². The van der Waals surface area contributed by atoms with Crippen molar-refractivity contribution in [1.82, 2.24) is 29.5 Å². The second kappa shape index (κ2) is 6.01. The summed E-state index contributed by atoms with van der Waals surface area (Å²) >= 11 is 3.44. The zero-order valence-electron chi connectivity index (χ0n) is 13.2. The summed E-state index contributed by atoms with van der Waals surface area (Å²) < 4.78 is 4.97. The van der Waals surface area contributed by atoms with Gasteiger partial charge in [-0.05, 0) is 41.4 Å². The molecule has 24 heavy (non-hydrogen) atoms. The third-order valence-electron chi connectivity index (χ3n) is 4.41. The Bertz CT molecular complexity index is 915. The van der Waals surface area contributed by atoms with E-state index in [9.17, 15) is 4.79 Å². The van der Waals surface area contributed by atoms with Gasteiger partial charge in [0.2, 0.25) is 5.91 Å². The maximum atomic E-state index is 12.5. The van der Waals surface area contributed by atoms with Gasteiger partial charge in [-0.3, -0.25) is 4.79 Å². The molecule has 0 fully saturated rings. The first-order valence-electron chi connectivity index (χ1n) is 7.89. The minimum absolute atomic E-state index is 0.0432. The van der Waals surface area contributed by atoms with Crippen LogP contribution in [-0.2, 0) is 24.3 Å². The molecule has 0 spiro atoms. The molecular weight excluding hydrogens is 372 g/mol. The van der Waals surface area contributed by atoms with E-state index < -0.39 is 0 Å². The smallest absolute Gasteiger partial charge is 0.225 e. The lowest BCUT2D eigenvalue weighted by molar-refractivity contribution is -0.126. The number of pyridine rings is 1. The molecular formula is C16H17BrN6O. The Morgan fingerprint density at radius 3 is 3.12 bits per heavy atom. The number of carbonyl (C=O) groups is 1. The highest BCUT2D eigenvalue weighted by atomic mass is 79.9. The number of aromatic nitrogens is 5. The van der Waals surface area contributed by atoms with E-state index in [1.165, 1.54) is 0 Å². The predicted molar refractivity (Wildman–Crippen MR) is 91.3 cm³/mol. The van der Waals surface area contributed by atoms with Crippen molar-refractivity contribution in [3.8, 4) is 0 Å². The zero-order valence-corrected chi connectivity index (χ0v) is 14.8. The van der Waals surface area contributed by atoms with Crippen LogP contribution in [0, 0.1) is 12.8 Å². The molecule has 4 rings (SSSR count). The topological polar surface area (TPSA) is 77.1 Å². The maximum absolute atomic E-state index is 12.5. The molecule has 1 aliphatic rings. The summed E-state index contributed by atoms with van der Waals surface area (Å²) in [5.41, 5.74) is 1.71. The molecule has 0 aromatic carbocycles. The number of imidazole rings is 1. The molecule has 1 amide bonds. The van der Waals surface area contributed by atoms with Gasteiger partial charge in [0.05, 0.1) is 18.2 Å². The fourth-order valence-electron chi connectivity index (χ4n) is 3.10. The van der Waals surface area contributed by atoms with Crippen molar-refractivity contribution < 1.29 is 4.79 Å². The first kappa shape index (κ1) is 15.3. The van der Waals surface area contributed by atoms with Crippen molar-refractivity contribution in [3.05, 3.63) is 46.3 Å². The zero-order chi connectivity index (χ0) is 16.7. The van der Waals surface area contributed by atoms with Gasteiger partial charge in [-0.25, -0.2) is 4.98 Å². The highest BCUT2D eigenvalue weighted by molar-refractivity contribution is 9.10. The third kappa shape index (κ3) is 2.82. The standard InChI is InChI=1S/C16H17BrN6O/c1-10-20-21-15-4-2-11(7-23(10)15)16(24)18-6-13-9-22-8-12(17)3-5-14(22)19-13/h3,5,8-9,11H,2,4,6-7H2,1H3,(H,18,24)/t11-/m0/s1. The van der Waals surface area contributed by atoms with Crippen LogP contribution in [0.4, 0.5) is 0 Å². The molecule has 7 nitrogen and oxygen atoms in total. The molecule has 1 aliphatic heterocycles. The van der Waals surface area contributed by atoms with Crippen LogP contribution in [-0.4, -0.2) is 30.1 Å². The molecule has 3 aromatic rings. The summed E-state index contributed by atoms with van der Waals surface area (Å²) in [6.07, 6.45) is 5.48. The predicted octanol–water partition coefficient (Wildman–Crippen LogP) is 1.88. The van der Waals surface area contributed by atoms with Crippen LogP contribution in [0.15, 0.2) is 29.0 Å². The third-order valence-corrected chi connectivity index (χ3v) is 4.88. The first-order chi connectivity index (χ1) is 11.6. The average Bonchev–Trinajstić information content (AvgIpc) is 3.15. The highest BCUT2D eigenvalue weighted by Crippen LogP contribution is 2.20. The van der Waals surface area contributed by atoms with Gasteiger partial charge in [-0.15, -0.1) is 10.2 Å².